The molecule has 0 amide bonds. The summed E-state index contributed by atoms with van der Waals surface area (Å²) in [5.41, 5.74) is 6.42. The van der Waals surface area contributed by atoms with Gasteiger partial charge in [-0.1, -0.05) is 12.1 Å². The zero-order valence-corrected chi connectivity index (χ0v) is 12.0. The molecule has 1 aromatic rings. The first-order chi connectivity index (χ1) is 8.97. The lowest BCUT2D eigenvalue weighted by Gasteiger charge is -2.42. The van der Waals surface area contributed by atoms with E-state index in [1.807, 2.05) is 14.0 Å². The molecule has 1 aromatic carbocycles. The van der Waals surface area contributed by atoms with Crippen LogP contribution < -0.4 is 5.73 Å². The largest absolute Gasteiger partial charge is 0.354 e. The lowest BCUT2D eigenvalue weighted by atomic mass is 9.98. The highest BCUT2D eigenvalue weighted by Crippen LogP contribution is 2.22. The van der Waals surface area contributed by atoms with Gasteiger partial charge in [-0.25, -0.2) is 4.39 Å². The number of nitrogens with two attached hydrogens (primary N) is 1. The molecule has 0 heterocycles. The first-order valence-electron chi connectivity index (χ1n) is 6.19. The highest BCUT2D eigenvalue weighted by Gasteiger charge is 2.37. The minimum Gasteiger partial charge on any atom is -0.354 e. The Kier molecular flexibility index (Phi) is 5.87. The summed E-state index contributed by atoms with van der Waals surface area (Å²) in [5.74, 6) is -0.236. The maximum absolute atomic E-state index is 12.9. The quantitative estimate of drug-likeness (QED) is 0.764. The molecule has 0 aliphatic heterocycles. The Morgan fingerprint density at radius 2 is 1.79 bits per heavy atom. The number of methoxy groups -OCH3 is 2. The Morgan fingerprint density at radius 3 is 2.21 bits per heavy atom. The van der Waals surface area contributed by atoms with Gasteiger partial charge in [0.25, 0.3) is 0 Å². The van der Waals surface area contributed by atoms with E-state index >= 15 is 0 Å². The van der Waals surface area contributed by atoms with Crippen LogP contribution in [0.1, 0.15) is 12.5 Å². The summed E-state index contributed by atoms with van der Waals surface area (Å²) in [6.45, 7) is 3.00. The molecule has 0 bridgehead atoms. The number of hydrogen-bond acceptors (Lipinski definition) is 4. The summed E-state index contributed by atoms with van der Waals surface area (Å²) in [7, 11) is 5.13. The molecule has 1 unspecified atom stereocenters. The van der Waals surface area contributed by atoms with E-state index in [2.05, 4.69) is 4.90 Å². The molecule has 0 aromatic heterocycles. The fraction of sp³-hybridized carbons (Fsp3) is 0.571. The van der Waals surface area contributed by atoms with Crippen LogP contribution in [0.4, 0.5) is 4.39 Å². The van der Waals surface area contributed by atoms with E-state index in [0.29, 0.717) is 13.1 Å². The first-order valence-corrected chi connectivity index (χ1v) is 6.19. The van der Waals surface area contributed by atoms with Crippen molar-refractivity contribution in [2.75, 3.05) is 27.8 Å². The molecular formula is C14H23FN2O2. The van der Waals surface area contributed by atoms with E-state index in [1.165, 1.54) is 12.1 Å². The van der Waals surface area contributed by atoms with E-state index in [-0.39, 0.29) is 5.82 Å². The van der Waals surface area contributed by atoms with E-state index in [4.69, 9.17) is 15.2 Å². The SMILES string of the molecule is COC(OC)C(C)(CN)N(C)Cc1ccc(F)cc1. The summed E-state index contributed by atoms with van der Waals surface area (Å²) < 4.78 is 23.5. The third-order valence-corrected chi connectivity index (χ3v) is 3.55. The molecule has 1 atom stereocenters. The number of halogens is 1. The molecule has 0 aliphatic rings. The minimum absolute atomic E-state index is 0.236. The molecule has 4 nitrogen and oxygen atoms in total. The van der Waals surface area contributed by atoms with Crippen molar-refractivity contribution in [2.45, 2.75) is 25.3 Å². The highest BCUT2D eigenvalue weighted by molar-refractivity contribution is 5.16. The van der Waals surface area contributed by atoms with Crippen LogP contribution in [0.5, 0.6) is 0 Å². The molecule has 0 saturated heterocycles. The monoisotopic (exact) mass is 270 g/mol. The van der Waals surface area contributed by atoms with Crippen LogP contribution in [0, 0.1) is 5.82 Å². The fourth-order valence-electron chi connectivity index (χ4n) is 2.08. The highest BCUT2D eigenvalue weighted by atomic mass is 19.1. The molecule has 0 radical (unpaired) electrons. The molecular weight excluding hydrogens is 247 g/mol. The fourth-order valence-corrected chi connectivity index (χ4v) is 2.08. The van der Waals surface area contributed by atoms with Gasteiger partial charge in [-0.15, -0.1) is 0 Å². The van der Waals surface area contributed by atoms with Crippen molar-refractivity contribution in [2.24, 2.45) is 5.73 Å². The number of hydrogen-bond donors (Lipinski definition) is 1. The third-order valence-electron chi connectivity index (χ3n) is 3.55. The zero-order valence-electron chi connectivity index (χ0n) is 12.0. The van der Waals surface area contributed by atoms with Crippen molar-refractivity contribution in [3.05, 3.63) is 35.6 Å². The molecule has 108 valence electrons. The third kappa shape index (κ3) is 3.73. The second-order valence-electron chi connectivity index (χ2n) is 4.85. The number of nitrogens with zero attached hydrogens (tertiary/aromatic N) is 1. The predicted molar refractivity (Wildman–Crippen MR) is 73.1 cm³/mol. The molecule has 1 rings (SSSR count). The number of benzene rings is 1. The normalized spacial score (nSPS) is 14.9. The molecule has 0 saturated carbocycles. The van der Waals surface area contributed by atoms with Crippen molar-refractivity contribution in [3.8, 4) is 0 Å². The van der Waals surface area contributed by atoms with Gasteiger partial charge >= 0.3 is 0 Å². The summed E-state index contributed by atoms with van der Waals surface area (Å²) in [6.07, 6.45) is -0.428. The van der Waals surface area contributed by atoms with Crippen LogP contribution in [0.3, 0.4) is 0 Å². The van der Waals surface area contributed by atoms with Crippen molar-refractivity contribution in [1.82, 2.24) is 4.90 Å². The predicted octanol–water partition coefficient (Wildman–Crippen LogP) is 1.59. The molecule has 19 heavy (non-hydrogen) atoms. The van der Waals surface area contributed by atoms with Crippen molar-refractivity contribution < 1.29 is 13.9 Å². The molecule has 2 N–H and O–H groups in total. The lowest BCUT2D eigenvalue weighted by molar-refractivity contribution is -0.178. The van der Waals surface area contributed by atoms with Gasteiger partial charge < -0.3 is 15.2 Å². The molecule has 0 fully saturated rings. The van der Waals surface area contributed by atoms with Crippen molar-refractivity contribution in [1.29, 1.82) is 0 Å². The van der Waals surface area contributed by atoms with Crippen molar-refractivity contribution >= 4 is 0 Å². The van der Waals surface area contributed by atoms with Gasteiger partial charge in [0.15, 0.2) is 6.29 Å². The zero-order chi connectivity index (χ0) is 14.5. The minimum atomic E-state index is -0.460. The van der Waals surface area contributed by atoms with Gasteiger partial charge in [-0.2, -0.15) is 0 Å². The van der Waals surface area contributed by atoms with Gasteiger partial charge in [0, 0.05) is 27.3 Å². The summed E-state index contributed by atoms with van der Waals surface area (Å²) in [5, 5.41) is 0. The average Bonchev–Trinajstić information content (AvgIpc) is 2.42. The van der Waals surface area contributed by atoms with E-state index < -0.39 is 11.8 Å². The van der Waals surface area contributed by atoms with E-state index in [0.717, 1.165) is 5.56 Å². The van der Waals surface area contributed by atoms with Gasteiger partial charge in [0.2, 0.25) is 0 Å². The van der Waals surface area contributed by atoms with Crippen LogP contribution in [-0.2, 0) is 16.0 Å². The van der Waals surface area contributed by atoms with Gasteiger partial charge in [-0.3, -0.25) is 4.90 Å². The smallest absolute Gasteiger partial charge is 0.176 e. The second-order valence-corrected chi connectivity index (χ2v) is 4.85. The van der Waals surface area contributed by atoms with Crippen LogP contribution in [0.15, 0.2) is 24.3 Å². The summed E-state index contributed by atoms with van der Waals surface area (Å²) >= 11 is 0. The van der Waals surface area contributed by atoms with Gasteiger partial charge in [-0.05, 0) is 31.7 Å². The van der Waals surface area contributed by atoms with E-state index in [1.54, 1.807) is 26.4 Å². The molecule has 5 heteroatoms. The van der Waals surface area contributed by atoms with Crippen molar-refractivity contribution in [3.63, 3.8) is 0 Å². The number of likely N-dealkylation sites (N-methyl/N-ethyl adjacent to an activating group) is 1. The first kappa shape index (κ1) is 16.0. The summed E-state index contributed by atoms with van der Waals surface area (Å²) in [4.78, 5) is 2.05. The maximum Gasteiger partial charge on any atom is 0.176 e. The Labute approximate surface area is 114 Å². The maximum atomic E-state index is 12.9. The Bertz CT molecular complexity index is 382. The lowest BCUT2D eigenvalue weighted by Crippen LogP contribution is -2.58. The topological polar surface area (TPSA) is 47.7 Å². The van der Waals surface area contributed by atoms with Gasteiger partial charge in [0.05, 0.1) is 5.54 Å². The Morgan fingerprint density at radius 1 is 1.26 bits per heavy atom. The molecule has 0 aliphatic carbocycles. The second kappa shape index (κ2) is 6.96. The Hall–Kier alpha value is -1.01. The van der Waals surface area contributed by atoms with Crippen LogP contribution in [-0.4, -0.2) is 44.5 Å². The van der Waals surface area contributed by atoms with Crippen LogP contribution in [0.25, 0.3) is 0 Å². The number of ether oxygens (including phenoxy) is 2. The van der Waals surface area contributed by atoms with E-state index in [9.17, 15) is 4.39 Å². The number of rotatable bonds is 7. The van der Waals surface area contributed by atoms with Gasteiger partial charge in [0.1, 0.15) is 5.82 Å². The molecule has 0 spiro atoms. The standard InChI is InChI=1S/C14H23FN2O2/c1-14(10-16,13(18-3)19-4)17(2)9-11-5-7-12(15)8-6-11/h5-8,13H,9-10,16H2,1-4H3. The Balaban J connectivity index is 2.83. The summed E-state index contributed by atoms with van der Waals surface area (Å²) in [6, 6.07) is 6.43. The average molecular weight is 270 g/mol. The van der Waals surface area contributed by atoms with Crippen LogP contribution >= 0.6 is 0 Å². The van der Waals surface area contributed by atoms with Crippen LogP contribution in [0.2, 0.25) is 0 Å².